The molecule has 0 aliphatic rings. The number of H-pyrrole nitrogens is 1. The largest absolute Gasteiger partial charge is 0.366 e. The molecule has 5 aromatic rings. The van der Waals surface area contributed by atoms with Crippen LogP contribution in [0.25, 0.3) is 44.3 Å². The lowest BCUT2D eigenvalue weighted by atomic mass is 10.0. The minimum absolute atomic E-state index is 0.0905. The molecule has 0 saturated carbocycles. The molecule has 132 valence electrons. The van der Waals surface area contributed by atoms with Crippen molar-refractivity contribution in [2.45, 2.75) is 0 Å². The van der Waals surface area contributed by atoms with Crippen LogP contribution in [-0.4, -0.2) is 24.7 Å². The lowest BCUT2D eigenvalue weighted by Crippen LogP contribution is -2.02. The number of rotatable bonds is 2. The van der Waals surface area contributed by atoms with Crippen molar-refractivity contribution in [1.29, 1.82) is 0 Å². The van der Waals surface area contributed by atoms with Gasteiger partial charge in [-0.3, -0.25) is 0 Å². The summed E-state index contributed by atoms with van der Waals surface area (Å²) in [6.07, 6.45) is 3.79. The van der Waals surface area contributed by atoms with Crippen molar-refractivity contribution in [3.63, 3.8) is 0 Å². The van der Waals surface area contributed by atoms with Gasteiger partial charge in [0.2, 0.25) is 5.95 Å². The van der Waals surface area contributed by atoms with Crippen molar-refractivity contribution in [3.05, 3.63) is 60.7 Å². The Hall–Kier alpha value is -3.74. The van der Waals surface area contributed by atoms with Crippen LogP contribution < -0.4 is 5.73 Å². The van der Waals surface area contributed by atoms with E-state index in [1.54, 1.807) is 12.3 Å². The molecule has 0 spiro atoms. The number of nitrogen functional groups attached to an aromatic ring is 1. The van der Waals surface area contributed by atoms with Crippen LogP contribution in [0.5, 0.6) is 0 Å². The molecule has 5 rings (SSSR count). The lowest BCUT2D eigenvalue weighted by Gasteiger charge is -2.06. The molecule has 0 amide bonds. The number of halogens is 1. The number of aromatic amines is 1. The van der Waals surface area contributed by atoms with Gasteiger partial charge in [-0.15, -0.1) is 10.2 Å². The molecule has 0 bridgehead atoms. The van der Waals surface area contributed by atoms with E-state index in [4.69, 9.17) is 5.73 Å². The first kappa shape index (κ1) is 15.5. The predicted molar refractivity (Wildman–Crippen MR) is 103 cm³/mol. The second-order valence-corrected chi connectivity index (χ2v) is 6.43. The van der Waals surface area contributed by atoms with Gasteiger partial charge >= 0.3 is 0 Å². The fraction of sp³-hybridized carbons (Fsp3) is 0.0500. The molecule has 3 aromatic heterocycles. The van der Waals surface area contributed by atoms with Crippen LogP contribution in [0, 0.1) is 5.82 Å². The molecule has 0 aliphatic heterocycles. The van der Waals surface area contributed by atoms with Crippen molar-refractivity contribution >= 4 is 27.8 Å². The van der Waals surface area contributed by atoms with Crippen LogP contribution in [0.1, 0.15) is 0 Å². The van der Waals surface area contributed by atoms with Gasteiger partial charge in [0.1, 0.15) is 17.2 Å². The second kappa shape index (κ2) is 5.63. The fourth-order valence-corrected chi connectivity index (χ4v) is 3.53. The molecule has 0 radical (unpaired) electrons. The maximum Gasteiger partial charge on any atom is 0.240 e. The first-order valence-corrected chi connectivity index (χ1v) is 8.43. The molecule has 27 heavy (non-hydrogen) atoms. The Balaban J connectivity index is 1.84. The van der Waals surface area contributed by atoms with Crippen LogP contribution >= 0.6 is 0 Å². The molecule has 6 nitrogen and oxygen atoms in total. The van der Waals surface area contributed by atoms with Crippen molar-refractivity contribution in [3.8, 4) is 22.5 Å². The molecule has 0 fully saturated rings. The van der Waals surface area contributed by atoms with Gasteiger partial charge < -0.3 is 15.3 Å². The van der Waals surface area contributed by atoms with E-state index in [9.17, 15) is 4.39 Å². The van der Waals surface area contributed by atoms with Crippen LogP contribution in [0.2, 0.25) is 0 Å². The van der Waals surface area contributed by atoms with Crippen LogP contribution in [-0.2, 0) is 7.05 Å². The molecule has 0 unspecified atom stereocenters. The van der Waals surface area contributed by atoms with Gasteiger partial charge in [-0.25, -0.2) is 9.37 Å². The molecule has 0 atom stereocenters. The Morgan fingerprint density at radius 1 is 1.00 bits per heavy atom. The smallest absolute Gasteiger partial charge is 0.240 e. The van der Waals surface area contributed by atoms with Crippen molar-refractivity contribution < 1.29 is 4.39 Å². The zero-order valence-corrected chi connectivity index (χ0v) is 14.4. The van der Waals surface area contributed by atoms with E-state index in [0.29, 0.717) is 11.4 Å². The number of para-hydroxylation sites is 1. The molecule has 3 N–H and O–H groups in total. The summed E-state index contributed by atoms with van der Waals surface area (Å²) in [5.41, 5.74) is 10.5. The van der Waals surface area contributed by atoms with Gasteiger partial charge in [-0.05, 0) is 24.3 Å². The fourth-order valence-electron chi connectivity index (χ4n) is 3.53. The Bertz CT molecular complexity index is 1320. The summed E-state index contributed by atoms with van der Waals surface area (Å²) in [5, 5.41) is 10.00. The van der Waals surface area contributed by atoms with E-state index in [-0.39, 0.29) is 11.8 Å². The molecule has 0 aliphatic carbocycles. The SMILES string of the molecule is Cn1cc(-c2nc(N)nnc2-c2c[nH]c3ccc(F)cc23)c2ccccc21. The average Bonchev–Trinajstić information content (AvgIpc) is 3.23. The number of anilines is 1. The quantitative estimate of drug-likeness (QED) is 0.501. The van der Waals surface area contributed by atoms with Gasteiger partial charge in [0.25, 0.3) is 0 Å². The van der Waals surface area contributed by atoms with Gasteiger partial charge in [0.05, 0.1) is 0 Å². The molecule has 7 heteroatoms. The molecule has 2 aromatic carbocycles. The third-order valence-electron chi connectivity index (χ3n) is 4.75. The average molecular weight is 358 g/mol. The number of nitrogens with zero attached hydrogens (tertiary/aromatic N) is 4. The molecular formula is C20H15FN6. The third-order valence-corrected chi connectivity index (χ3v) is 4.75. The van der Waals surface area contributed by atoms with E-state index in [1.165, 1.54) is 12.1 Å². The molecule has 3 heterocycles. The summed E-state index contributed by atoms with van der Waals surface area (Å²) in [4.78, 5) is 7.63. The monoisotopic (exact) mass is 358 g/mol. The lowest BCUT2D eigenvalue weighted by molar-refractivity contribution is 0.630. The number of aryl methyl sites for hydroxylation is 1. The van der Waals surface area contributed by atoms with Gasteiger partial charge in [0, 0.05) is 52.4 Å². The van der Waals surface area contributed by atoms with Gasteiger partial charge in [-0.1, -0.05) is 18.2 Å². The van der Waals surface area contributed by atoms with E-state index in [2.05, 4.69) is 20.2 Å². The van der Waals surface area contributed by atoms with Crippen molar-refractivity contribution in [2.24, 2.45) is 7.05 Å². The number of nitrogens with one attached hydrogen (secondary N) is 1. The van der Waals surface area contributed by atoms with Crippen LogP contribution in [0.4, 0.5) is 10.3 Å². The summed E-state index contributed by atoms with van der Waals surface area (Å²) in [5.74, 6) is -0.223. The standard InChI is InChI=1S/C20H15FN6/c1-27-10-15(12-4-2-3-5-17(12)27)18-19(25-26-20(22)24-18)14-9-23-16-7-6-11(21)8-13(14)16/h2-10,23H,1H3,(H2,22,24,26). The van der Waals surface area contributed by atoms with Crippen LogP contribution in [0.15, 0.2) is 54.9 Å². The number of nitrogens with two attached hydrogens (primary N) is 1. The highest BCUT2D eigenvalue weighted by Gasteiger charge is 2.19. The molecular weight excluding hydrogens is 343 g/mol. The highest BCUT2D eigenvalue weighted by Crippen LogP contribution is 2.37. The maximum absolute atomic E-state index is 13.8. The predicted octanol–water partition coefficient (Wildman–Crippen LogP) is 3.90. The van der Waals surface area contributed by atoms with Crippen molar-refractivity contribution in [2.75, 3.05) is 5.73 Å². The molecule has 0 saturated heterocycles. The van der Waals surface area contributed by atoms with Crippen molar-refractivity contribution in [1.82, 2.24) is 24.7 Å². The number of aromatic nitrogens is 5. The topological polar surface area (TPSA) is 85.4 Å². The zero-order chi connectivity index (χ0) is 18.5. The first-order chi connectivity index (χ1) is 13.1. The third kappa shape index (κ3) is 2.36. The van der Waals surface area contributed by atoms with E-state index < -0.39 is 0 Å². The first-order valence-electron chi connectivity index (χ1n) is 8.43. The number of benzene rings is 2. The summed E-state index contributed by atoms with van der Waals surface area (Å²) in [6.45, 7) is 0. The number of fused-ring (bicyclic) bond motifs is 2. The van der Waals surface area contributed by atoms with Gasteiger partial charge in [-0.2, -0.15) is 0 Å². The van der Waals surface area contributed by atoms with Gasteiger partial charge in [0.15, 0.2) is 0 Å². The Labute approximate surface area is 153 Å². The minimum Gasteiger partial charge on any atom is -0.366 e. The number of hydrogen-bond acceptors (Lipinski definition) is 4. The maximum atomic E-state index is 13.8. The normalized spacial score (nSPS) is 11.5. The highest BCUT2D eigenvalue weighted by atomic mass is 19.1. The Morgan fingerprint density at radius 2 is 1.85 bits per heavy atom. The summed E-state index contributed by atoms with van der Waals surface area (Å²) >= 11 is 0. The van der Waals surface area contributed by atoms with E-state index >= 15 is 0 Å². The number of hydrogen-bond donors (Lipinski definition) is 2. The summed E-state index contributed by atoms with van der Waals surface area (Å²) in [6, 6.07) is 12.6. The summed E-state index contributed by atoms with van der Waals surface area (Å²) < 4.78 is 15.8. The minimum atomic E-state index is -0.313. The second-order valence-electron chi connectivity index (χ2n) is 6.43. The Kier molecular flexibility index (Phi) is 3.24. The zero-order valence-electron chi connectivity index (χ0n) is 14.4. The summed E-state index contributed by atoms with van der Waals surface area (Å²) in [7, 11) is 1.98. The van der Waals surface area contributed by atoms with E-state index in [0.717, 1.165) is 32.9 Å². The highest BCUT2D eigenvalue weighted by molar-refractivity contribution is 6.02. The van der Waals surface area contributed by atoms with Crippen LogP contribution in [0.3, 0.4) is 0 Å². The Morgan fingerprint density at radius 3 is 2.74 bits per heavy atom. The van der Waals surface area contributed by atoms with E-state index in [1.807, 2.05) is 42.1 Å².